The number of aliphatic hydroxyl groups is 1. The highest BCUT2D eigenvalue weighted by Crippen LogP contribution is 2.16. The van der Waals surface area contributed by atoms with Crippen LogP contribution >= 0.6 is 0 Å². The second kappa shape index (κ2) is 7.21. The highest BCUT2D eigenvalue weighted by molar-refractivity contribution is 5.69. The van der Waals surface area contributed by atoms with Crippen LogP contribution in [0.3, 0.4) is 0 Å². The fraction of sp³-hybridized carbons (Fsp3) is 0.909. The quantitative estimate of drug-likeness (QED) is 0.625. The summed E-state index contributed by atoms with van der Waals surface area (Å²) in [5.41, 5.74) is 0. The van der Waals surface area contributed by atoms with Gasteiger partial charge in [-0.05, 0) is 7.05 Å². The first-order chi connectivity index (χ1) is 9.19. The van der Waals surface area contributed by atoms with Crippen LogP contribution in [0.1, 0.15) is 0 Å². The number of carboxylic acids is 1. The zero-order chi connectivity index (χ0) is 15.3. The fourth-order valence-electron chi connectivity index (χ4n) is 2.17. The van der Waals surface area contributed by atoms with Crippen LogP contribution in [0.5, 0.6) is 0 Å². The molecule has 2 atom stereocenters. The van der Waals surface area contributed by atoms with Gasteiger partial charge in [-0.2, -0.15) is 13.2 Å². The molecule has 2 N–H and O–H groups in total. The number of hydrogen-bond acceptors (Lipinski definition) is 5. The van der Waals surface area contributed by atoms with Crippen molar-refractivity contribution in [3.05, 3.63) is 0 Å². The summed E-state index contributed by atoms with van der Waals surface area (Å²) in [6, 6.07) is -0.339. The molecule has 118 valence electrons. The highest BCUT2D eigenvalue weighted by Gasteiger charge is 2.34. The summed E-state index contributed by atoms with van der Waals surface area (Å²) in [5, 5.41) is 18.5. The molecule has 0 saturated carbocycles. The van der Waals surface area contributed by atoms with Crippen molar-refractivity contribution in [3.8, 4) is 0 Å². The number of alkyl halides is 3. The molecule has 6 nitrogen and oxygen atoms in total. The van der Waals surface area contributed by atoms with Crippen molar-refractivity contribution in [2.45, 2.75) is 18.3 Å². The van der Waals surface area contributed by atoms with Gasteiger partial charge in [0.15, 0.2) is 0 Å². The number of rotatable bonds is 7. The smallest absolute Gasteiger partial charge is 0.411 e. The molecule has 0 aliphatic carbocycles. The Bertz CT molecular complexity index is 327. The molecule has 0 spiro atoms. The van der Waals surface area contributed by atoms with Gasteiger partial charge in [0.1, 0.15) is 6.61 Å². The first-order valence-corrected chi connectivity index (χ1v) is 6.16. The largest absolute Gasteiger partial charge is 0.480 e. The van der Waals surface area contributed by atoms with Crippen LogP contribution in [0.2, 0.25) is 0 Å². The summed E-state index contributed by atoms with van der Waals surface area (Å²) in [6.45, 7) is -0.595. The van der Waals surface area contributed by atoms with Crippen molar-refractivity contribution in [2.75, 3.05) is 46.4 Å². The molecule has 0 bridgehead atoms. The zero-order valence-corrected chi connectivity index (χ0v) is 11.1. The van der Waals surface area contributed by atoms with Crippen LogP contribution in [0.15, 0.2) is 0 Å². The molecule has 0 aromatic rings. The molecule has 1 aliphatic rings. The molecule has 1 unspecified atom stereocenters. The van der Waals surface area contributed by atoms with Gasteiger partial charge >= 0.3 is 12.1 Å². The van der Waals surface area contributed by atoms with E-state index in [9.17, 15) is 23.1 Å². The van der Waals surface area contributed by atoms with Crippen LogP contribution in [-0.2, 0) is 9.53 Å². The number of aliphatic carboxylic acids is 1. The van der Waals surface area contributed by atoms with Crippen molar-refractivity contribution in [1.29, 1.82) is 0 Å². The van der Waals surface area contributed by atoms with Gasteiger partial charge in [0.2, 0.25) is 0 Å². The topological polar surface area (TPSA) is 73.2 Å². The first-order valence-electron chi connectivity index (χ1n) is 6.16. The Morgan fingerprint density at radius 1 is 1.45 bits per heavy atom. The third-order valence-electron chi connectivity index (χ3n) is 3.10. The lowest BCUT2D eigenvalue weighted by atomic mass is 10.2. The SMILES string of the molecule is CN(CC(=O)O)C1CN(CCOCC(F)(F)F)C[C@H]1O. The van der Waals surface area contributed by atoms with E-state index in [1.807, 2.05) is 0 Å². The van der Waals surface area contributed by atoms with Crippen molar-refractivity contribution in [2.24, 2.45) is 0 Å². The first kappa shape index (κ1) is 17.2. The minimum Gasteiger partial charge on any atom is -0.480 e. The fourth-order valence-corrected chi connectivity index (χ4v) is 2.17. The monoisotopic (exact) mass is 300 g/mol. The Hall–Kier alpha value is -0.900. The van der Waals surface area contributed by atoms with Gasteiger partial charge in [0.25, 0.3) is 0 Å². The molecule has 20 heavy (non-hydrogen) atoms. The maximum Gasteiger partial charge on any atom is 0.411 e. The van der Waals surface area contributed by atoms with Crippen LogP contribution in [0.25, 0.3) is 0 Å². The Morgan fingerprint density at radius 2 is 2.10 bits per heavy atom. The van der Waals surface area contributed by atoms with E-state index in [-0.39, 0.29) is 25.7 Å². The van der Waals surface area contributed by atoms with Crippen LogP contribution in [0, 0.1) is 0 Å². The van der Waals surface area contributed by atoms with Crippen molar-refractivity contribution in [3.63, 3.8) is 0 Å². The summed E-state index contributed by atoms with van der Waals surface area (Å²) in [5.74, 6) is -0.994. The van der Waals surface area contributed by atoms with E-state index in [1.54, 1.807) is 11.9 Å². The number of ether oxygens (including phenoxy) is 1. The van der Waals surface area contributed by atoms with E-state index in [2.05, 4.69) is 4.74 Å². The number of nitrogens with zero attached hydrogens (tertiary/aromatic N) is 2. The van der Waals surface area contributed by atoms with Crippen LogP contribution < -0.4 is 0 Å². The highest BCUT2D eigenvalue weighted by atomic mass is 19.4. The second-order valence-electron chi connectivity index (χ2n) is 4.87. The zero-order valence-electron chi connectivity index (χ0n) is 11.1. The summed E-state index contributed by atoms with van der Waals surface area (Å²) < 4.78 is 40.1. The molecule has 0 aromatic carbocycles. The van der Waals surface area contributed by atoms with Gasteiger partial charge in [0.05, 0.1) is 19.3 Å². The van der Waals surface area contributed by atoms with Crippen molar-refractivity contribution >= 4 is 5.97 Å². The third-order valence-corrected chi connectivity index (χ3v) is 3.10. The molecule has 1 heterocycles. The molecule has 9 heteroatoms. The molecule has 1 saturated heterocycles. The lowest BCUT2D eigenvalue weighted by molar-refractivity contribution is -0.174. The van der Waals surface area contributed by atoms with Gasteiger partial charge in [0, 0.05) is 25.7 Å². The van der Waals surface area contributed by atoms with E-state index in [0.29, 0.717) is 13.1 Å². The van der Waals surface area contributed by atoms with Crippen LogP contribution in [0.4, 0.5) is 13.2 Å². The predicted octanol–water partition coefficient (Wildman–Crippen LogP) is -0.373. The predicted molar refractivity (Wildman–Crippen MR) is 63.4 cm³/mol. The van der Waals surface area contributed by atoms with E-state index in [0.717, 1.165) is 0 Å². The lowest BCUT2D eigenvalue weighted by Gasteiger charge is -2.24. The Kier molecular flexibility index (Phi) is 6.18. The normalized spacial score (nSPS) is 24.5. The standard InChI is InChI=1S/C11H19F3N2O4/c1-15(6-10(18)19)8-4-16(5-9(8)17)2-3-20-7-11(12,13)14/h8-9,17H,2-7H2,1H3,(H,18,19)/t8?,9-/m1/s1. The number of β-amino-alcohol motifs (C(OH)–C–C–N with tert-alkyl or cyclic N) is 1. The molecule has 1 fully saturated rings. The number of likely N-dealkylation sites (tertiary alicyclic amines) is 1. The summed E-state index contributed by atoms with van der Waals surface area (Å²) in [7, 11) is 1.59. The van der Waals surface area contributed by atoms with Crippen LogP contribution in [-0.4, -0.2) is 90.7 Å². The number of aliphatic hydroxyl groups excluding tert-OH is 1. The Labute approximate surface area is 114 Å². The van der Waals surface area contributed by atoms with E-state index >= 15 is 0 Å². The van der Waals surface area contributed by atoms with E-state index < -0.39 is 24.9 Å². The third kappa shape index (κ3) is 6.04. The lowest BCUT2D eigenvalue weighted by Crippen LogP contribution is -2.43. The van der Waals surface area contributed by atoms with Crippen molar-refractivity contribution in [1.82, 2.24) is 9.80 Å². The summed E-state index contributed by atoms with van der Waals surface area (Å²) in [4.78, 5) is 13.9. The minimum absolute atomic E-state index is 0.0818. The maximum absolute atomic E-state index is 11.9. The van der Waals surface area contributed by atoms with Gasteiger partial charge in [-0.25, -0.2) is 0 Å². The molecule has 0 radical (unpaired) electrons. The Morgan fingerprint density at radius 3 is 2.65 bits per heavy atom. The molecular formula is C11H19F3N2O4. The van der Waals surface area contributed by atoms with Gasteiger partial charge in [-0.15, -0.1) is 0 Å². The van der Waals surface area contributed by atoms with E-state index in [4.69, 9.17) is 5.11 Å². The summed E-state index contributed by atoms with van der Waals surface area (Å²) in [6.07, 6.45) is -5.06. The molecule has 1 rings (SSSR count). The molecule has 1 aliphatic heterocycles. The number of likely N-dealkylation sites (N-methyl/N-ethyl adjacent to an activating group) is 1. The maximum atomic E-state index is 11.9. The average Bonchev–Trinajstić information content (AvgIpc) is 2.64. The van der Waals surface area contributed by atoms with E-state index in [1.165, 1.54) is 4.90 Å². The number of carbonyl (C=O) groups is 1. The minimum atomic E-state index is -4.34. The second-order valence-corrected chi connectivity index (χ2v) is 4.87. The Balaban J connectivity index is 2.28. The molecule has 0 amide bonds. The van der Waals surface area contributed by atoms with Gasteiger partial charge in [-0.3, -0.25) is 14.6 Å². The number of carboxylic acid groups (broad SMARTS) is 1. The van der Waals surface area contributed by atoms with Gasteiger partial charge < -0.3 is 14.9 Å². The number of hydrogen-bond donors (Lipinski definition) is 2. The number of halogens is 3. The van der Waals surface area contributed by atoms with Crippen molar-refractivity contribution < 1.29 is 32.9 Å². The van der Waals surface area contributed by atoms with Gasteiger partial charge in [-0.1, -0.05) is 0 Å². The average molecular weight is 300 g/mol. The molecular weight excluding hydrogens is 281 g/mol. The molecule has 0 aromatic heterocycles. The summed E-state index contributed by atoms with van der Waals surface area (Å²) >= 11 is 0.